The van der Waals surface area contributed by atoms with Crippen LogP contribution in [0.5, 0.6) is 11.5 Å². The van der Waals surface area contributed by atoms with Gasteiger partial charge in [-0.05, 0) is 29.2 Å². The molecule has 0 saturated heterocycles. The predicted octanol–water partition coefficient (Wildman–Crippen LogP) is 2.79. The second kappa shape index (κ2) is 5.48. The lowest BCUT2D eigenvalue weighted by atomic mass is 10.3. The maximum atomic E-state index is 11.7. The fourth-order valence-electron chi connectivity index (χ4n) is 1.40. The molecule has 7 nitrogen and oxygen atoms in total. The zero-order valence-electron chi connectivity index (χ0n) is 10.0. The summed E-state index contributed by atoms with van der Waals surface area (Å²) in [5, 5.41) is 14.5. The molecule has 0 aliphatic rings. The Morgan fingerprint density at radius 2 is 1.90 bits per heavy atom. The summed E-state index contributed by atoms with van der Waals surface area (Å²) < 4.78 is 6.06. The first-order valence-electron chi connectivity index (χ1n) is 5.24. The van der Waals surface area contributed by atoms with Gasteiger partial charge in [-0.3, -0.25) is 4.79 Å². The zero-order valence-corrected chi connectivity index (χ0v) is 11.6. The number of aromatic nitrogens is 2. The molecule has 2 aromatic rings. The maximum absolute atomic E-state index is 11.7. The summed E-state index contributed by atoms with van der Waals surface area (Å²) in [5.74, 6) is -0.802. The zero-order chi connectivity index (χ0) is 14.9. The highest BCUT2D eigenvalue weighted by atomic mass is 35.5. The van der Waals surface area contributed by atoms with E-state index in [0.717, 1.165) is 4.68 Å². The number of ether oxygens (including phenoxy) is 1. The van der Waals surface area contributed by atoms with Gasteiger partial charge < -0.3 is 14.9 Å². The first-order chi connectivity index (χ1) is 9.40. The van der Waals surface area contributed by atoms with E-state index < -0.39 is 27.1 Å². The van der Waals surface area contributed by atoms with Gasteiger partial charge in [-0.15, -0.1) is 4.68 Å². The van der Waals surface area contributed by atoms with E-state index in [1.54, 1.807) is 0 Å². The molecule has 0 aliphatic carbocycles. The van der Waals surface area contributed by atoms with Crippen molar-refractivity contribution in [1.82, 2.24) is 9.78 Å². The van der Waals surface area contributed by atoms with Crippen LogP contribution in [0.4, 0.5) is 5.82 Å². The lowest BCUT2D eigenvalue weighted by Crippen LogP contribution is -2.21. The molecule has 1 aromatic carbocycles. The molecule has 0 aliphatic heterocycles. The van der Waals surface area contributed by atoms with Crippen molar-refractivity contribution in [3.63, 3.8) is 0 Å². The molecule has 9 heteroatoms. The van der Waals surface area contributed by atoms with Gasteiger partial charge in [0.15, 0.2) is 5.02 Å². The molecule has 0 fully saturated rings. The summed E-state index contributed by atoms with van der Waals surface area (Å²) in [7, 11) is 1.26. The minimum Gasteiger partial charge on any atom is -0.447 e. The largest absolute Gasteiger partial charge is 0.447 e. The SMILES string of the molecule is Cn1nc([N+](=O)[O-])c(Oc2ccc(Cl)cc2)c(Cl)c1=O. The van der Waals surface area contributed by atoms with E-state index in [1.807, 2.05) is 0 Å². The number of halogens is 2. The standard InChI is InChI=1S/C11H7Cl2N3O4/c1-15-11(17)8(13)9(10(14-15)16(18)19)20-7-4-2-6(12)3-5-7/h2-5H,1H3. The molecular formula is C11H7Cl2N3O4. The normalized spacial score (nSPS) is 10.3. The minimum atomic E-state index is -0.781. The molecule has 0 saturated carbocycles. The molecule has 0 bridgehead atoms. The van der Waals surface area contributed by atoms with Crippen LogP contribution in [0.3, 0.4) is 0 Å². The van der Waals surface area contributed by atoms with Gasteiger partial charge in [-0.2, -0.15) is 0 Å². The minimum absolute atomic E-state index is 0.245. The summed E-state index contributed by atoms with van der Waals surface area (Å²) in [6, 6.07) is 6.04. The lowest BCUT2D eigenvalue weighted by Gasteiger charge is -2.07. The number of hydrogen-bond donors (Lipinski definition) is 0. The third kappa shape index (κ3) is 2.73. The summed E-state index contributed by atoms with van der Waals surface area (Å²) in [6.45, 7) is 0. The number of aryl methyl sites for hydroxylation is 1. The van der Waals surface area contributed by atoms with E-state index in [4.69, 9.17) is 27.9 Å². The molecule has 0 atom stereocenters. The average Bonchev–Trinajstić information content (AvgIpc) is 2.41. The fraction of sp³-hybridized carbons (Fsp3) is 0.0909. The molecule has 2 rings (SSSR count). The molecule has 104 valence electrons. The average molecular weight is 316 g/mol. The molecule has 0 unspecified atom stereocenters. The Hall–Kier alpha value is -2.12. The Labute approximate surface area is 122 Å². The Morgan fingerprint density at radius 3 is 2.45 bits per heavy atom. The molecule has 1 heterocycles. The van der Waals surface area contributed by atoms with E-state index in [2.05, 4.69) is 5.10 Å². The van der Waals surface area contributed by atoms with Crippen LogP contribution in [0.1, 0.15) is 0 Å². The number of benzene rings is 1. The van der Waals surface area contributed by atoms with Gasteiger partial charge in [-0.1, -0.05) is 23.2 Å². The smallest absolute Gasteiger partial charge is 0.432 e. The van der Waals surface area contributed by atoms with Crippen LogP contribution in [0.15, 0.2) is 29.1 Å². The van der Waals surface area contributed by atoms with Gasteiger partial charge in [0.25, 0.3) is 5.75 Å². The Kier molecular flexibility index (Phi) is 3.91. The van der Waals surface area contributed by atoms with E-state index in [9.17, 15) is 14.9 Å². The van der Waals surface area contributed by atoms with Crippen molar-refractivity contribution in [3.05, 3.63) is 54.8 Å². The van der Waals surface area contributed by atoms with Crippen molar-refractivity contribution < 1.29 is 9.66 Å². The van der Waals surface area contributed by atoms with Gasteiger partial charge in [0.1, 0.15) is 5.75 Å². The maximum Gasteiger partial charge on any atom is 0.432 e. The highest BCUT2D eigenvalue weighted by molar-refractivity contribution is 6.32. The number of rotatable bonds is 3. The molecule has 0 radical (unpaired) electrons. The van der Waals surface area contributed by atoms with Crippen molar-refractivity contribution in [2.24, 2.45) is 7.05 Å². The second-order valence-corrected chi connectivity index (χ2v) is 4.52. The van der Waals surface area contributed by atoms with Crippen LogP contribution >= 0.6 is 23.2 Å². The fourth-order valence-corrected chi connectivity index (χ4v) is 1.77. The monoisotopic (exact) mass is 315 g/mol. The molecular weight excluding hydrogens is 309 g/mol. The quantitative estimate of drug-likeness (QED) is 0.642. The third-order valence-electron chi connectivity index (χ3n) is 2.34. The Bertz CT molecular complexity index is 728. The van der Waals surface area contributed by atoms with Crippen LogP contribution in [0, 0.1) is 10.1 Å². The molecule has 1 aromatic heterocycles. The molecule has 20 heavy (non-hydrogen) atoms. The van der Waals surface area contributed by atoms with Crippen molar-refractivity contribution in [2.75, 3.05) is 0 Å². The molecule has 0 spiro atoms. The molecule has 0 amide bonds. The summed E-state index contributed by atoms with van der Waals surface area (Å²) in [6.07, 6.45) is 0. The van der Waals surface area contributed by atoms with Gasteiger partial charge in [0.2, 0.25) is 0 Å². The highest BCUT2D eigenvalue weighted by Gasteiger charge is 2.26. The van der Waals surface area contributed by atoms with E-state index in [1.165, 1.54) is 31.3 Å². The first kappa shape index (κ1) is 14.3. The van der Waals surface area contributed by atoms with E-state index >= 15 is 0 Å². The summed E-state index contributed by atoms with van der Waals surface area (Å²) >= 11 is 11.5. The Morgan fingerprint density at radius 1 is 1.30 bits per heavy atom. The van der Waals surface area contributed by atoms with Crippen molar-refractivity contribution in [1.29, 1.82) is 0 Å². The van der Waals surface area contributed by atoms with Gasteiger partial charge >= 0.3 is 11.4 Å². The summed E-state index contributed by atoms with van der Waals surface area (Å²) in [5.41, 5.74) is -0.693. The molecule has 0 N–H and O–H groups in total. The van der Waals surface area contributed by atoms with Crippen LogP contribution in [-0.4, -0.2) is 14.7 Å². The third-order valence-corrected chi connectivity index (χ3v) is 2.92. The number of hydrogen-bond acceptors (Lipinski definition) is 5. The van der Waals surface area contributed by atoms with E-state index in [0.29, 0.717) is 5.02 Å². The highest BCUT2D eigenvalue weighted by Crippen LogP contribution is 2.34. The van der Waals surface area contributed by atoms with Crippen LogP contribution in [0.2, 0.25) is 10.0 Å². The van der Waals surface area contributed by atoms with Crippen LogP contribution < -0.4 is 10.3 Å². The second-order valence-electron chi connectivity index (χ2n) is 3.71. The predicted molar refractivity (Wildman–Crippen MR) is 72.7 cm³/mol. The van der Waals surface area contributed by atoms with Crippen LogP contribution in [0.25, 0.3) is 0 Å². The van der Waals surface area contributed by atoms with Gasteiger partial charge in [0, 0.05) is 5.02 Å². The number of nitrogens with zero attached hydrogens (tertiary/aromatic N) is 3. The van der Waals surface area contributed by atoms with E-state index in [-0.39, 0.29) is 5.75 Å². The van der Waals surface area contributed by atoms with Gasteiger partial charge in [-0.25, -0.2) is 0 Å². The van der Waals surface area contributed by atoms with Gasteiger partial charge in [0.05, 0.1) is 12.1 Å². The first-order valence-corrected chi connectivity index (χ1v) is 6.00. The number of nitro groups is 1. The lowest BCUT2D eigenvalue weighted by molar-refractivity contribution is -0.391. The topological polar surface area (TPSA) is 87.3 Å². The summed E-state index contributed by atoms with van der Waals surface area (Å²) in [4.78, 5) is 21.8. The Balaban J connectivity index is 2.55. The van der Waals surface area contributed by atoms with Crippen molar-refractivity contribution in [3.8, 4) is 11.5 Å². The van der Waals surface area contributed by atoms with Crippen molar-refractivity contribution in [2.45, 2.75) is 0 Å². The van der Waals surface area contributed by atoms with Crippen LogP contribution in [-0.2, 0) is 7.05 Å². The van der Waals surface area contributed by atoms with Crippen molar-refractivity contribution >= 4 is 29.0 Å².